The Hall–Kier alpha value is -2.76. The number of methoxy groups -OCH3 is 1. The number of aromatic nitrogens is 1. The van der Waals surface area contributed by atoms with Crippen LogP contribution in [0.1, 0.15) is 38.9 Å². The molecule has 2 rings (SSSR count). The first kappa shape index (κ1) is 15.6. The minimum Gasteiger partial charge on any atom is -0.465 e. The van der Waals surface area contributed by atoms with Gasteiger partial charge in [0.1, 0.15) is 0 Å². The summed E-state index contributed by atoms with van der Waals surface area (Å²) in [5, 5.41) is 8.23. The van der Waals surface area contributed by atoms with Crippen LogP contribution in [-0.4, -0.2) is 23.8 Å². The van der Waals surface area contributed by atoms with E-state index in [1.54, 1.807) is 24.3 Å². The van der Waals surface area contributed by atoms with E-state index < -0.39 is 5.97 Å². The molecular formula is C16H17N3O3. The van der Waals surface area contributed by atoms with Gasteiger partial charge in [0.05, 0.1) is 18.4 Å². The summed E-state index contributed by atoms with van der Waals surface area (Å²) < 4.78 is 4.66. The molecule has 0 aliphatic carbocycles. The molecule has 1 N–H and O–H groups in total. The van der Waals surface area contributed by atoms with Gasteiger partial charge in [-0.2, -0.15) is 0 Å². The first-order valence-electron chi connectivity index (χ1n) is 6.74. The van der Waals surface area contributed by atoms with Crippen molar-refractivity contribution < 1.29 is 14.3 Å². The normalized spacial score (nSPS) is 10.9. The van der Waals surface area contributed by atoms with Crippen LogP contribution in [0.5, 0.6) is 0 Å². The molecule has 6 heteroatoms. The monoisotopic (exact) mass is 299 g/mol. The van der Waals surface area contributed by atoms with Gasteiger partial charge in [-0.05, 0) is 39.0 Å². The molecule has 1 heterocycles. The summed E-state index contributed by atoms with van der Waals surface area (Å²) in [4.78, 5) is 26.1. The molecule has 6 nitrogen and oxygen atoms in total. The molecule has 2 aromatic rings. The second-order valence-electron chi connectivity index (χ2n) is 4.90. The number of carbonyl (C=O) groups is 2. The molecule has 0 bridgehead atoms. The van der Waals surface area contributed by atoms with Crippen LogP contribution in [0, 0.1) is 13.8 Å². The van der Waals surface area contributed by atoms with E-state index >= 15 is 0 Å². The van der Waals surface area contributed by atoms with Gasteiger partial charge in [-0.3, -0.25) is 4.79 Å². The van der Waals surface area contributed by atoms with Gasteiger partial charge in [0, 0.05) is 16.8 Å². The number of ether oxygens (including phenoxy) is 1. The van der Waals surface area contributed by atoms with Gasteiger partial charge >= 0.3 is 5.97 Å². The van der Waals surface area contributed by atoms with Crippen LogP contribution in [0.3, 0.4) is 0 Å². The van der Waals surface area contributed by atoms with E-state index in [0.29, 0.717) is 22.6 Å². The highest BCUT2D eigenvalue weighted by Gasteiger charge is 2.14. The zero-order valence-corrected chi connectivity index (χ0v) is 12.9. The van der Waals surface area contributed by atoms with E-state index in [0.717, 1.165) is 11.3 Å². The number of carbonyl (C=O) groups excluding carboxylic acids is 2. The summed E-state index contributed by atoms with van der Waals surface area (Å²) in [6, 6.07) is 6.66. The van der Waals surface area contributed by atoms with Gasteiger partial charge in [0.25, 0.3) is 0 Å². The summed E-state index contributed by atoms with van der Waals surface area (Å²) in [5.41, 5.74) is 3.10. The molecule has 0 fully saturated rings. The highest BCUT2D eigenvalue weighted by atomic mass is 16.5. The topological polar surface area (TPSA) is 83.9 Å². The van der Waals surface area contributed by atoms with Crippen LogP contribution in [0.4, 0.5) is 11.5 Å². The summed E-state index contributed by atoms with van der Waals surface area (Å²) in [6.07, 6.45) is 0. The number of Topliss-reactive ketones (excluding diaryl/α,β-unsaturated/α-hetero) is 1. The van der Waals surface area contributed by atoms with E-state index in [1.807, 2.05) is 13.8 Å². The molecule has 0 saturated heterocycles. The molecule has 22 heavy (non-hydrogen) atoms. The molecule has 0 spiro atoms. The smallest absolute Gasteiger partial charge is 0.337 e. The highest BCUT2D eigenvalue weighted by molar-refractivity contribution is 5.98. The zero-order chi connectivity index (χ0) is 16.3. The molecule has 0 aliphatic heterocycles. The lowest BCUT2D eigenvalue weighted by atomic mass is 10.1. The number of H-pyrrole nitrogens is 1. The van der Waals surface area contributed by atoms with E-state index in [1.165, 1.54) is 14.0 Å². The lowest BCUT2D eigenvalue weighted by molar-refractivity contribution is 0.0600. The van der Waals surface area contributed by atoms with Crippen molar-refractivity contribution in [2.45, 2.75) is 20.8 Å². The number of hydrogen-bond donors (Lipinski definition) is 1. The van der Waals surface area contributed by atoms with E-state index in [2.05, 4.69) is 19.9 Å². The van der Waals surface area contributed by atoms with Crippen molar-refractivity contribution in [3.05, 3.63) is 46.6 Å². The van der Waals surface area contributed by atoms with Crippen molar-refractivity contribution in [3.63, 3.8) is 0 Å². The van der Waals surface area contributed by atoms with Crippen LogP contribution >= 0.6 is 0 Å². The maximum Gasteiger partial charge on any atom is 0.337 e. The molecule has 0 amide bonds. The fourth-order valence-electron chi connectivity index (χ4n) is 2.28. The van der Waals surface area contributed by atoms with Crippen LogP contribution in [0.15, 0.2) is 34.5 Å². The molecule has 0 radical (unpaired) electrons. The lowest BCUT2D eigenvalue weighted by Crippen LogP contribution is -1.99. The average Bonchev–Trinajstić information content (AvgIpc) is 2.78. The maximum absolute atomic E-state index is 11.6. The minimum atomic E-state index is -0.428. The molecular weight excluding hydrogens is 282 g/mol. The third-order valence-corrected chi connectivity index (χ3v) is 3.30. The Kier molecular flexibility index (Phi) is 4.50. The van der Waals surface area contributed by atoms with Crippen molar-refractivity contribution in [1.29, 1.82) is 0 Å². The Morgan fingerprint density at radius 3 is 2.50 bits per heavy atom. The standard InChI is InChI=1S/C16H17N3O3/c1-9-14(11(3)20)10(2)17-15(9)19-18-13-7-5-6-12(8-13)16(21)22-4/h5-8,17H,1-4H3. The Morgan fingerprint density at radius 1 is 1.18 bits per heavy atom. The van der Waals surface area contributed by atoms with Gasteiger partial charge in [-0.1, -0.05) is 6.07 Å². The summed E-state index contributed by atoms with van der Waals surface area (Å²) in [5.74, 6) is 0.0920. The number of benzene rings is 1. The third-order valence-electron chi connectivity index (χ3n) is 3.30. The zero-order valence-electron chi connectivity index (χ0n) is 12.9. The largest absolute Gasteiger partial charge is 0.465 e. The summed E-state index contributed by atoms with van der Waals surface area (Å²) in [6.45, 7) is 5.16. The van der Waals surface area contributed by atoms with Crippen molar-refractivity contribution in [3.8, 4) is 0 Å². The van der Waals surface area contributed by atoms with Crippen molar-refractivity contribution in [2.75, 3.05) is 7.11 Å². The Morgan fingerprint density at radius 2 is 1.91 bits per heavy atom. The van der Waals surface area contributed by atoms with E-state index in [9.17, 15) is 9.59 Å². The molecule has 1 aromatic carbocycles. The van der Waals surface area contributed by atoms with Crippen LogP contribution in [-0.2, 0) is 4.74 Å². The number of hydrogen-bond acceptors (Lipinski definition) is 5. The van der Waals surface area contributed by atoms with Crippen LogP contribution in [0.2, 0.25) is 0 Å². The van der Waals surface area contributed by atoms with Gasteiger partial charge in [0.2, 0.25) is 0 Å². The lowest BCUT2D eigenvalue weighted by Gasteiger charge is -1.99. The number of nitrogens with one attached hydrogen (secondary N) is 1. The highest BCUT2D eigenvalue weighted by Crippen LogP contribution is 2.27. The molecule has 0 saturated carbocycles. The fourth-order valence-corrected chi connectivity index (χ4v) is 2.28. The summed E-state index contributed by atoms with van der Waals surface area (Å²) >= 11 is 0. The molecule has 114 valence electrons. The minimum absolute atomic E-state index is 0.0135. The second-order valence-corrected chi connectivity index (χ2v) is 4.90. The number of aryl methyl sites for hydroxylation is 1. The first-order valence-corrected chi connectivity index (χ1v) is 6.74. The van der Waals surface area contributed by atoms with E-state index in [4.69, 9.17) is 0 Å². The Labute approximate surface area is 128 Å². The molecule has 0 unspecified atom stereocenters. The van der Waals surface area contributed by atoms with Gasteiger partial charge in [-0.25, -0.2) is 4.79 Å². The third kappa shape index (κ3) is 3.11. The number of nitrogens with zero attached hydrogens (tertiary/aromatic N) is 2. The van der Waals surface area contributed by atoms with Crippen molar-refractivity contribution >= 4 is 23.3 Å². The quantitative estimate of drug-likeness (QED) is 0.525. The second kappa shape index (κ2) is 6.34. The molecule has 1 aromatic heterocycles. The Bertz CT molecular complexity index is 760. The number of esters is 1. The fraction of sp³-hybridized carbons (Fsp3) is 0.250. The predicted molar refractivity (Wildman–Crippen MR) is 82.2 cm³/mol. The van der Waals surface area contributed by atoms with Crippen LogP contribution < -0.4 is 0 Å². The number of aromatic amines is 1. The molecule has 0 aliphatic rings. The summed E-state index contributed by atoms with van der Waals surface area (Å²) in [7, 11) is 1.32. The average molecular weight is 299 g/mol. The molecule has 0 atom stereocenters. The van der Waals surface area contributed by atoms with Crippen molar-refractivity contribution in [2.24, 2.45) is 10.2 Å². The van der Waals surface area contributed by atoms with Gasteiger partial charge in [0.15, 0.2) is 11.6 Å². The Balaban J connectivity index is 2.32. The van der Waals surface area contributed by atoms with Gasteiger partial charge < -0.3 is 9.72 Å². The number of azo groups is 1. The van der Waals surface area contributed by atoms with Crippen molar-refractivity contribution in [1.82, 2.24) is 4.98 Å². The predicted octanol–water partition coefficient (Wildman–Crippen LogP) is 4.04. The number of rotatable bonds is 4. The van der Waals surface area contributed by atoms with Gasteiger partial charge in [-0.15, -0.1) is 10.2 Å². The van der Waals surface area contributed by atoms with E-state index in [-0.39, 0.29) is 5.78 Å². The maximum atomic E-state index is 11.6. The van der Waals surface area contributed by atoms with Crippen LogP contribution in [0.25, 0.3) is 0 Å². The number of ketones is 1. The SMILES string of the molecule is COC(=O)c1cccc(N=Nc2[nH]c(C)c(C(C)=O)c2C)c1. The first-order chi connectivity index (χ1) is 10.4.